The van der Waals surface area contributed by atoms with E-state index in [0.717, 1.165) is 12.2 Å². The topological polar surface area (TPSA) is 26.3 Å². The van der Waals surface area contributed by atoms with Crippen LogP contribution in [0.3, 0.4) is 0 Å². The monoisotopic (exact) mass is 392 g/mol. The summed E-state index contributed by atoms with van der Waals surface area (Å²) in [6.45, 7) is 2.29. The van der Waals surface area contributed by atoms with Gasteiger partial charge < -0.3 is 4.52 Å². The Bertz CT molecular complexity index is 461. The number of hydrogen-bond acceptors (Lipinski definition) is 2. The van der Waals surface area contributed by atoms with E-state index in [1.807, 2.05) is 18.2 Å². The predicted molar refractivity (Wildman–Crippen MR) is 118 cm³/mol. The van der Waals surface area contributed by atoms with Crippen LogP contribution in [0.2, 0.25) is 0 Å². The van der Waals surface area contributed by atoms with Crippen molar-refractivity contribution in [1.82, 2.24) is 0 Å². The zero-order valence-corrected chi connectivity index (χ0v) is 18.5. The Morgan fingerprint density at radius 2 is 1.11 bits per heavy atom. The molecule has 2 nitrogen and oxygen atoms in total. The smallest absolute Gasteiger partial charge is 0.395 e. The van der Waals surface area contributed by atoms with Gasteiger partial charge in [0.15, 0.2) is 0 Å². The number of aryl methyl sites for hydroxylation is 1. The molecule has 0 heterocycles. The average Bonchev–Trinajstić information content (AvgIpc) is 2.69. The molecule has 0 unspecified atom stereocenters. The molecule has 0 radical (unpaired) electrons. The number of benzene rings is 1. The van der Waals surface area contributed by atoms with E-state index in [-0.39, 0.29) is 8.69 Å². The molecule has 0 bridgehead atoms. The van der Waals surface area contributed by atoms with E-state index < -0.39 is 0 Å². The molecule has 0 saturated carbocycles. The summed E-state index contributed by atoms with van der Waals surface area (Å²) in [6, 6.07) is 7.92. The standard InChI is InChI=1S/C24H41O2P/c1-2-3-4-5-6-7-8-9-10-11-12-13-14-15-16-17-20-23-21-18-19-22-24(23)26-27-25/h18-19,21-22H,2-17,20H2,1H3. The van der Waals surface area contributed by atoms with Gasteiger partial charge in [0.05, 0.1) is 0 Å². The highest BCUT2D eigenvalue weighted by atomic mass is 31.1. The molecular weight excluding hydrogens is 351 g/mol. The number of hydrogen-bond donors (Lipinski definition) is 0. The highest BCUT2D eigenvalue weighted by Gasteiger charge is 2.03. The molecule has 1 rings (SSSR count). The summed E-state index contributed by atoms with van der Waals surface area (Å²) in [5, 5.41) is 0. The van der Waals surface area contributed by atoms with Crippen LogP contribution < -0.4 is 4.52 Å². The molecule has 0 aliphatic rings. The van der Waals surface area contributed by atoms with Gasteiger partial charge in [-0.25, -0.2) is 4.57 Å². The lowest BCUT2D eigenvalue weighted by molar-refractivity contribution is 0.518. The van der Waals surface area contributed by atoms with Crippen molar-refractivity contribution in [1.29, 1.82) is 0 Å². The van der Waals surface area contributed by atoms with Gasteiger partial charge in [-0.2, -0.15) is 0 Å². The summed E-state index contributed by atoms with van der Waals surface area (Å²) >= 11 is 0. The van der Waals surface area contributed by atoms with E-state index in [1.54, 1.807) is 0 Å². The molecule has 0 N–H and O–H groups in total. The molecule has 0 spiro atoms. The fourth-order valence-electron chi connectivity index (χ4n) is 3.70. The van der Waals surface area contributed by atoms with E-state index in [1.165, 1.54) is 108 Å². The maximum Gasteiger partial charge on any atom is 0.395 e. The lowest BCUT2D eigenvalue weighted by Crippen LogP contribution is -1.90. The summed E-state index contributed by atoms with van der Waals surface area (Å²) in [4.78, 5) is 0. The molecule has 0 saturated heterocycles. The van der Waals surface area contributed by atoms with Crippen LogP contribution >= 0.6 is 8.69 Å². The van der Waals surface area contributed by atoms with E-state index in [2.05, 4.69) is 13.0 Å². The van der Waals surface area contributed by atoms with Crippen molar-refractivity contribution in [3.8, 4) is 5.75 Å². The molecule has 0 atom stereocenters. The zero-order valence-electron chi connectivity index (χ0n) is 17.6. The molecule has 1 aromatic carbocycles. The summed E-state index contributed by atoms with van der Waals surface area (Å²) < 4.78 is 15.8. The van der Waals surface area contributed by atoms with Crippen molar-refractivity contribution in [2.75, 3.05) is 0 Å². The second-order valence-corrected chi connectivity index (χ2v) is 8.16. The third-order valence-electron chi connectivity index (χ3n) is 5.41. The largest absolute Gasteiger partial charge is 0.407 e. The Morgan fingerprint density at radius 1 is 0.667 bits per heavy atom. The Balaban J connectivity index is 1.84. The minimum Gasteiger partial charge on any atom is -0.407 e. The lowest BCUT2D eigenvalue weighted by Gasteiger charge is -2.06. The summed E-state index contributed by atoms with van der Waals surface area (Å²) in [5.41, 5.74) is 1.17. The molecule has 0 aliphatic heterocycles. The number of unbranched alkanes of at least 4 members (excludes halogenated alkanes) is 15. The van der Waals surface area contributed by atoms with Crippen LogP contribution in [0, 0.1) is 0 Å². The molecule has 3 heteroatoms. The minimum absolute atomic E-state index is 0.266. The summed E-state index contributed by atoms with van der Waals surface area (Å²) in [5.74, 6) is 0.759. The highest BCUT2D eigenvalue weighted by molar-refractivity contribution is 7.17. The van der Waals surface area contributed by atoms with Crippen molar-refractivity contribution in [3.05, 3.63) is 29.8 Å². The Labute approximate surface area is 169 Å². The van der Waals surface area contributed by atoms with Crippen molar-refractivity contribution in [2.24, 2.45) is 0 Å². The summed E-state index contributed by atoms with van der Waals surface area (Å²) in [7, 11) is -0.266. The molecule has 1 aromatic rings. The van der Waals surface area contributed by atoms with Gasteiger partial charge in [0.2, 0.25) is 0 Å². The van der Waals surface area contributed by atoms with Crippen molar-refractivity contribution >= 4 is 8.69 Å². The second kappa shape index (κ2) is 18.5. The van der Waals surface area contributed by atoms with Gasteiger partial charge in [-0.1, -0.05) is 121 Å². The first kappa shape index (κ1) is 24.2. The normalized spacial score (nSPS) is 11.1. The fourth-order valence-corrected chi connectivity index (χ4v) is 3.96. The molecule has 0 aromatic heterocycles. The second-order valence-electron chi connectivity index (χ2n) is 7.83. The number of para-hydroxylation sites is 1. The zero-order chi connectivity index (χ0) is 19.4. The minimum atomic E-state index is -0.266. The van der Waals surface area contributed by atoms with Crippen LogP contribution in [0.25, 0.3) is 0 Å². The van der Waals surface area contributed by atoms with Crippen LogP contribution in [0.4, 0.5) is 0 Å². The van der Waals surface area contributed by atoms with Crippen molar-refractivity contribution < 1.29 is 9.09 Å². The van der Waals surface area contributed by atoms with E-state index in [9.17, 15) is 4.57 Å². The maximum absolute atomic E-state index is 10.6. The van der Waals surface area contributed by atoms with E-state index >= 15 is 0 Å². The first-order valence-corrected chi connectivity index (χ1v) is 12.2. The van der Waals surface area contributed by atoms with Crippen LogP contribution in [0.5, 0.6) is 5.75 Å². The average molecular weight is 393 g/mol. The molecular formula is C24H41O2P. The van der Waals surface area contributed by atoms with Gasteiger partial charge in [0, 0.05) is 0 Å². The first-order valence-electron chi connectivity index (χ1n) is 11.5. The van der Waals surface area contributed by atoms with Crippen LogP contribution in [-0.4, -0.2) is 0 Å². The van der Waals surface area contributed by atoms with Gasteiger partial charge in [0.25, 0.3) is 0 Å². The predicted octanol–water partition coefficient (Wildman–Crippen LogP) is 9.08. The Kier molecular flexibility index (Phi) is 16.5. The summed E-state index contributed by atoms with van der Waals surface area (Å²) in [6.07, 6.45) is 23.3. The van der Waals surface area contributed by atoms with Crippen LogP contribution in [-0.2, 0) is 11.0 Å². The van der Waals surface area contributed by atoms with Crippen LogP contribution in [0.15, 0.2) is 24.3 Å². The van der Waals surface area contributed by atoms with Gasteiger partial charge in [-0.3, -0.25) is 0 Å². The third-order valence-corrected chi connectivity index (χ3v) is 5.68. The molecule has 27 heavy (non-hydrogen) atoms. The Hall–Kier alpha value is -0.880. The highest BCUT2D eigenvalue weighted by Crippen LogP contribution is 2.23. The van der Waals surface area contributed by atoms with Gasteiger partial charge in [-0.05, 0) is 24.5 Å². The number of rotatable bonds is 19. The van der Waals surface area contributed by atoms with Gasteiger partial charge in [-0.15, -0.1) is 0 Å². The first-order chi connectivity index (χ1) is 13.4. The lowest BCUT2D eigenvalue weighted by atomic mass is 10.0. The third kappa shape index (κ3) is 13.9. The van der Waals surface area contributed by atoms with E-state index in [0.29, 0.717) is 0 Å². The van der Waals surface area contributed by atoms with Crippen molar-refractivity contribution in [2.45, 2.75) is 116 Å². The molecule has 0 aliphatic carbocycles. The maximum atomic E-state index is 10.6. The Morgan fingerprint density at radius 3 is 1.59 bits per heavy atom. The SMILES string of the molecule is CCCCCCCCCCCCCCCCCCc1ccccc1OP=O. The van der Waals surface area contributed by atoms with Gasteiger partial charge in [0.1, 0.15) is 5.75 Å². The van der Waals surface area contributed by atoms with Gasteiger partial charge >= 0.3 is 8.69 Å². The molecule has 0 fully saturated rings. The molecule has 0 amide bonds. The fraction of sp³-hybridized carbons (Fsp3) is 0.750. The molecule has 154 valence electrons. The van der Waals surface area contributed by atoms with Crippen LogP contribution in [0.1, 0.15) is 115 Å². The quantitative estimate of drug-likeness (QED) is 0.173. The van der Waals surface area contributed by atoms with Crippen molar-refractivity contribution in [3.63, 3.8) is 0 Å². The van der Waals surface area contributed by atoms with E-state index in [4.69, 9.17) is 4.52 Å².